The van der Waals surface area contributed by atoms with Crippen molar-refractivity contribution in [3.63, 3.8) is 0 Å². The van der Waals surface area contributed by atoms with Crippen LogP contribution in [0.2, 0.25) is 5.02 Å². The lowest BCUT2D eigenvalue weighted by Crippen LogP contribution is -2.46. The van der Waals surface area contributed by atoms with E-state index in [2.05, 4.69) is 17.1 Å². The maximum atomic E-state index is 12.8. The second-order valence-electron chi connectivity index (χ2n) is 8.96. The van der Waals surface area contributed by atoms with Crippen molar-refractivity contribution in [2.24, 2.45) is 11.8 Å². The van der Waals surface area contributed by atoms with Gasteiger partial charge < -0.3 is 9.73 Å². The molecule has 1 saturated carbocycles. The van der Waals surface area contributed by atoms with Crippen LogP contribution in [-0.2, 0) is 11.3 Å². The summed E-state index contributed by atoms with van der Waals surface area (Å²) in [4.78, 5) is 19.8. The number of oxazole rings is 1. The minimum absolute atomic E-state index is 0.135. The quantitative estimate of drug-likeness (QED) is 0.708. The Morgan fingerprint density at radius 1 is 1.23 bits per heavy atom. The maximum Gasteiger partial charge on any atom is 0.226 e. The molecule has 1 saturated heterocycles. The van der Waals surface area contributed by atoms with Crippen molar-refractivity contribution in [1.82, 2.24) is 15.2 Å². The predicted molar refractivity (Wildman–Crippen MR) is 119 cm³/mol. The van der Waals surface area contributed by atoms with E-state index in [1.165, 1.54) is 19.3 Å². The molecule has 6 heteroatoms. The number of halogens is 1. The third-order valence-electron chi connectivity index (χ3n) is 6.74. The molecule has 0 spiro atoms. The number of carbonyl (C=O) groups excluding carboxylic acids is 1. The van der Waals surface area contributed by atoms with Crippen LogP contribution < -0.4 is 5.32 Å². The topological polar surface area (TPSA) is 58.4 Å². The van der Waals surface area contributed by atoms with Crippen LogP contribution in [0.15, 0.2) is 28.7 Å². The smallest absolute Gasteiger partial charge is 0.226 e. The molecule has 2 heterocycles. The summed E-state index contributed by atoms with van der Waals surface area (Å²) < 4.78 is 5.89. The first-order valence-electron chi connectivity index (χ1n) is 11.2. The van der Waals surface area contributed by atoms with E-state index in [9.17, 15) is 4.79 Å². The van der Waals surface area contributed by atoms with E-state index in [1.807, 2.05) is 31.2 Å². The van der Waals surface area contributed by atoms with Crippen LogP contribution in [0.5, 0.6) is 0 Å². The third-order valence-corrected chi connectivity index (χ3v) is 6.97. The van der Waals surface area contributed by atoms with Gasteiger partial charge in [-0.05, 0) is 69.8 Å². The van der Waals surface area contributed by atoms with Gasteiger partial charge in [-0.3, -0.25) is 9.69 Å². The lowest BCUT2D eigenvalue weighted by molar-refractivity contribution is -0.127. The molecule has 0 bridgehead atoms. The average molecular weight is 430 g/mol. The number of hydrogen-bond acceptors (Lipinski definition) is 4. The zero-order valence-corrected chi connectivity index (χ0v) is 18.8. The molecule has 1 amide bonds. The zero-order valence-electron chi connectivity index (χ0n) is 18.0. The fourth-order valence-corrected chi connectivity index (χ4v) is 4.91. The van der Waals surface area contributed by atoms with E-state index in [0.717, 1.165) is 55.9 Å². The second-order valence-corrected chi connectivity index (χ2v) is 9.40. The van der Waals surface area contributed by atoms with Crippen molar-refractivity contribution in [2.75, 3.05) is 13.1 Å². The van der Waals surface area contributed by atoms with Crippen LogP contribution in [0.1, 0.15) is 56.9 Å². The van der Waals surface area contributed by atoms with Gasteiger partial charge in [0.2, 0.25) is 11.8 Å². The molecule has 2 unspecified atom stereocenters. The van der Waals surface area contributed by atoms with Gasteiger partial charge in [-0.1, -0.05) is 37.4 Å². The van der Waals surface area contributed by atoms with Crippen molar-refractivity contribution in [3.05, 3.63) is 40.7 Å². The molecule has 2 aromatic rings. The van der Waals surface area contributed by atoms with Crippen molar-refractivity contribution >= 4 is 17.5 Å². The highest BCUT2D eigenvalue weighted by Gasteiger charge is 2.29. The number of benzene rings is 1. The largest absolute Gasteiger partial charge is 0.441 e. The third kappa shape index (κ3) is 5.06. The van der Waals surface area contributed by atoms with E-state index in [0.29, 0.717) is 22.9 Å². The standard InChI is InChI=1S/C24H32ClN3O2/c1-16-6-3-4-9-21(16)26-23(29)18-10-12-28(13-11-18)15-22-17(2)30-24(27-22)19-7-5-8-20(25)14-19/h5,7-8,14,16,18,21H,3-4,6,9-13,15H2,1-2H3,(H,26,29). The Morgan fingerprint density at radius 3 is 2.73 bits per heavy atom. The Labute approximate surface area is 184 Å². The highest BCUT2D eigenvalue weighted by Crippen LogP contribution is 2.27. The molecule has 1 aromatic carbocycles. The van der Waals surface area contributed by atoms with Crippen molar-refractivity contribution in [2.45, 2.75) is 65.0 Å². The van der Waals surface area contributed by atoms with Crippen molar-refractivity contribution in [1.29, 1.82) is 0 Å². The number of amides is 1. The van der Waals surface area contributed by atoms with Gasteiger partial charge in [0, 0.05) is 29.1 Å². The summed E-state index contributed by atoms with van der Waals surface area (Å²) in [6.07, 6.45) is 6.72. The van der Waals surface area contributed by atoms with E-state index >= 15 is 0 Å². The predicted octanol–water partition coefficient (Wildman–Crippen LogP) is 5.21. The van der Waals surface area contributed by atoms with Crippen LogP contribution in [0, 0.1) is 18.8 Å². The van der Waals surface area contributed by atoms with Gasteiger partial charge in [0.15, 0.2) is 0 Å². The fraction of sp³-hybridized carbons (Fsp3) is 0.583. The van der Waals surface area contributed by atoms with Gasteiger partial charge in [-0.25, -0.2) is 4.98 Å². The molecular formula is C24H32ClN3O2. The zero-order chi connectivity index (χ0) is 21.1. The molecule has 1 aliphatic heterocycles. The number of carbonyl (C=O) groups is 1. The summed E-state index contributed by atoms with van der Waals surface area (Å²) >= 11 is 6.10. The number of nitrogens with zero attached hydrogens (tertiary/aromatic N) is 2. The highest BCUT2D eigenvalue weighted by atomic mass is 35.5. The van der Waals surface area contributed by atoms with Gasteiger partial charge in [0.25, 0.3) is 0 Å². The van der Waals surface area contributed by atoms with Gasteiger partial charge in [0.1, 0.15) is 5.76 Å². The van der Waals surface area contributed by atoms with E-state index in [-0.39, 0.29) is 11.8 Å². The van der Waals surface area contributed by atoms with Gasteiger partial charge >= 0.3 is 0 Å². The van der Waals surface area contributed by atoms with Gasteiger partial charge in [-0.15, -0.1) is 0 Å². The number of likely N-dealkylation sites (tertiary alicyclic amines) is 1. The minimum Gasteiger partial charge on any atom is -0.441 e. The average Bonchev–Trinajstić information content (AvgIpc) is 3.10. The Balaban J connectivity index is 1.30. The summed E-state index contributed by atoms with van der Waals surface area (Å²) in [5, 5.41) is 4.02. The van der Waals surface area contributed by atoms with Crippen LogP contribution >= 0.6 is 11.6 Å². The SMILES string of the molecule is Cc1oc(-c2cccc(Cl)c2)nc1CN1CCC(C(=O)NC2CCCCC2C)CC1. The first-order chi connectivity index (χ1) is 14.5. The van der Waals surface area contributed by atoms with Crippen LogP contribution in [0.25, 0.3) is 11.5 Å². The molecular weight excluding hydrogens is 398 g/mol. The van der Waals surface area contributed by atoms with E-state index in [1.54, 1.807) is 0 Å². The normalized spacial score (nSPS) is 23.4. The summed E-state index contributed by atoms with van der Waals surface area (Å²) in [6, 6.07) is 7.94. The summed E-state index contributed by atoms with van der Waals surface area (Å²) in [6.45, 7) is 6.81. The first kappa shape index (κ1) is 21.4. The molecule has 30 heavy (non-hydrogen) atoms. The lowest BCUT2D eigenvalue weighted by atomic mass is 9.85. The molecule has 162 valence electrons. The number of rotatable bonds is 5. The maximum absolute atomic E-state index is 12.8. The number of aromatic nitrogens is 1. The molecule has 2 fully saturated rings. The van der Waals surface area contributed by atoms with E-state index < -0.39 is 0 Å². The Bertz CT molecular complexity index is 873. The Kier molecular flexibility index (Phi) is 6.79. The van der Waals surface area contributed by atoms with Crippen molar-refractivity contribution in [3.8, 4) is 11.5 Å². The first-order valence-corrected chi connectivity index (χ1v) is 11.6. The minimum atomic E-state index is 0.135. The summed E-state index contributed by atoms with van der Waals surface area (Å²) in [5.41, 5.74) is 1.85. The summed E-state index contributed by atoms with van der Waals surface area (Å²) in [7, 11) is 0. The fourth-order valence-electron chi connectivity index (χ4n) is 4.72. The molecule has 0 radical (unpaired) electrons. The number of aryl methyl sites for hydroxylation is 1. The van der Waals surface area contributed by atoms with E-state index in [4.69, 9.17) is 21.0 Å². The molecule has 1 aromatic heterocycles. The molecule has 2 aliphatic rings. The number of nitrogens with one attached hydrogen (secondary N) is 1. The highest BCUT2D eigenvalue weighted by molar-refractivity contribution is 6.30. The molecule has 4 rings (SSSR count). The second kappa shape index (κ2) is 9.52. The van der Waals surface area contributed by atoms with Gasteiger partial charge in [0.05, 0.1) is 5.69 Å². The summed E-state index contributed by atoms with van der Waals surface area (Å²) in [5.74, 6) is 2.45. The Hall–Kier alpha value is -1.85. The molecule has 5 nitrogen and oxygen atoms in total. The number of piperidine rings is 1. The van der Waals surface area contributed by atoms with Gasteiger partial charge in [-0.2, -0.15) is 0 Å². The lowest BCUT2D eigenvalue weighted by Gasteiger charge is -2.34. The molecule has 1 aliphatic carbocycles. The Morgan fingerprint density at radius 2 is 2.00 bits per heavy atom. The van der Waals surface area contributed by atoms with Crippen LogP contribution in [-0.4, -0.2) is 34.9 Å². The van der Waals surface area contributed by atoms with Crippen LogP contribution in [0.3, 0.4) is 0 Å². The molecule has 2 atom stereocenters. The monoisotopic (exact) mass is 429 g/mol. The van der Waals surface area contributed by atoms with Crippen LogP contribution in [0.4, 0.5) is 0 Å². The molecule has 1 N–H and O–H groups in total. The number of hydrogen-bond donors (Lipinski definition) is 1. The van der Waals surface area contributed by atoms with Crippen molar-refractivity contribution < 1.29 is 9.21 Å².